The molecule has 82 valence electrons. The van der Waals surface area contributed by atoms with E-state index in [4.69, 9.17) is 5.73 Å². The van der Waals surface area contributed by atoms with Crippen molar-refractivity contribution in [3.63, 3.8) is 0 Å². The molecule has 0 radical (unpaired) electrons. The Hall–Kier alpha value is -0.940. The third-order valence-electron chi connectivity index (χ3n) is 2.60. The lowest BCUT2D eigenvalue weighted by molar-refractivity contribution is -0.128. The summed E-state index contributed by atoms with van der Waals surface area (Å²) in [6, 6.07) is -0.275. The number of hydrogen-bond acceptors (Lipinski definition) is 4. The second-order valence-corrected chi connectivity index (χ2v) is 4.80. The number of aryl methyl sites for hydroxylation is 1. The molecule has 2 heterocycles. The van der Waals surface area contributed by atoms with E-state index in [1.807, 2.05) is 17.2 Å². The first-order valence-corrected chi connectivity index (χ1v) is 6.00. The molecule has 0 bridgehead atoms. The van der Waals surface area contributed by atoms with Crippen LogP contribution in [0, 0.1) is 6.92 Å². The van der Waals surface area contributed by atoms with Gasteiger partial charge in [0.15, 0.2) is 0 Å². The van der Waals surface area contributed by atoms with Crippen molar-refractivity contribution in [2.24, 2.45) is 5.73 Å². The molecule has 2 rings (SSSR count). The lowest BCUT2D eigenvalue weighted by Gasteiger charge is -2.14. The van der Waals surface area contributed by atoms with Gasteiger partial charge in [0.25, 0.3) is 0 Å². The Balaban J connectivity index is 1.86. The summed E-state index contributed by atoms with van der Waals surface area (Å²) in [6.07, 6.45) is 1.63. The predicted molar refractivity (Wildman–Crippen MR) is 59.7 cm³/mol. The summed E-state index contributed by atoms with van der Waals surface area (Å²) in [4.78, 5) is 17.7. The van der Waals surface area contributed by atoms with Gasteiger partial charge in [-0.1, -0.05) is 0 Å². The van der Waals surface area contributed by atoms with E-state index in [-0.39, 0.29) is 11.9 Å². The van der Waals surface area contributed by atoms with E-state index in [0.29, 0.717) is 0 Å². The zero-order valence-corrected chi connectivity index (χ0v) is 9.59. The second-order valence-electron chi connectivity index (χ2n) is 3.85. The number of amides is 1. The van der Waals surface area contributed by atoms with Gasteiger partial charge in [0.05, 0.1) is 11.0 Å². The van der Waals surface area contributed by atoms with E-state index < -0.39 is 0 Å². The SMILES string of the molecule is Cc1csc(CCN2CCC(N)C2=O)n1. The van der Waals surface area contributed by atoms with Gasteiger partial charge >= 0.3 is 0 Å². The van der Waals surface area contributed by atoms with Crippen molar-refractivity contribution in [1.29, 1.82) is 0 Å². The highest BCUT2D eigenvalue weighted by Crippen LogP contribution is 2.13. The number of thiazole rings is 1. The molecule has 0 aliphatic carbocycles. The highest BCUT2D eigenvalue weighted by molar-refractivity contribution is 7.09. The molecule has 2 N–H and O–H groups in total. The predicted octanol–water partition coefficient (Wildman–Crippen LogP) is 0.554. The lowest BCUT2D eigenvalue weighted by Crippen LogP contribution is -2.35. The van der Waals surface area contributed by atoms with Crippen LogP contribution in [0.15, 0.2) is 5.38 Å². The van der Waals surface area contributed by atoms with E-state index in [9.17, 15) is 4.79 Å². The van der Waals surface area contributed by atoms with Crippen molar-refractivity contribution in [2.45, 2.75) is 25.8 Å². The van der Waals surface area contributed by atoms with E-state index in [0.717, 1.165) is 36.6 Å². The van der Waals surface area contributed by atoms with Crippen LogP contribution in [0.25, 0.3) is 0 Å². The van der Waals surface area contributed by atoms with Crippen molar-refractivity contribution >= 4 is 17.2 Å². The van der Waals surface area contributed by atoms with Crippen molar-refractivity contribution in [2.75, 3.05) is 13.1 Å². The average Bonchev–Trinajstić information content (AvgIpc) is 2.74. The smallest absolute Gasteiger partial charge is 0.239 e. The number of likely N-dealkylation sites (tertiary alicyclic amines) is 1. The Labute approximate surface area is 93.1 Å². The largest absolute Gasteiger partial charge is 0.341 e. The lowest BCUT2D eigenvalue weighted by atomic mass is 10.3. The minimum Gasteiger partial charge on any atom is -0.341 e. The molecule has 15 heavy (non-hydrogen) atoms. The molecule has 1 amide bonds. The van der Waals surface area contributed by atoms with Crippen molar-refractivity contribution in [1.82, 2.24) is 9.88 Å². The standard InChI is InChI=1S/C10H15N3OS/c1-7-6-15-9(12-7)3-5-13-4-2-8(11)10(13)14/h6,8H,2-5,11H2,1H3. The molecule has 1 aromatic rings. The summed E-state index contributed by atoms with van der Waals surface area (Å²) in [7, 11) is 0. The van der Waals surface area contributed by atoms with E-state index in [1.165, 1.54) is 0 Å². The summed E-state index contributed by atoms with van der Waals surface area (Å²) >= 11 is 1.65. The molecule has 5 heteroatoms. The van der Waals surface area contributed by atoms with Gasteiger partial charge in [0.2, 0.25) is 5.91 Å². The number of aromatic nitrogens is 1. The van der Waals surface area contributed by atoms with Gasteiger partial charge in [0.1, 0.15) is 0 Å². The van der Waals surface area contributed by atoms with Crippen molar-refractivity contribution in [3.8, 4) is 0 Å². The molecule has 1 atom stereocenters. The van der Waals surface area contributed by atoms with Crippen LogP contribution in [0.3, 0.4) is 0 Å². The first-order chi connectivity index (χ1) is 7.16. The summed E-state index contributed by atoms with van der Waals surface area (Å²) < 4.78 is 0. The van der Waals surface area contributed by atoms with Gasteiger partial charge < -0.3 is 10.6 Å². The van der Waals surface area contributed by atoms with Gasteiger partial charge in [0, 0.05) is 30.6 Å². The second kappa shape index (κ2) is 4.28. The van der Waals surface area contributed by atoms with Crippen LogP contribution in [0.1, 0.15) is 17.1 Å². The Kier molecular flexibility index (Phi) is 3.02. The van der Waals surface area contributed by atoms with Crippen LogP contribution >= 0.6 is 11.3 Å². The number of hydrogen-bond donors (Lipinski definition) is 1. The van der Waals surface area contributed by atoms with Crippen LogP contribution in [-0.2, 0) is 11.2 Å². The average molecular weight is 225 g/mol. The van der Waals surface area contributed by atoms with Gasteiger partial charge in [-0.15, -0.1) is 11.3 Å². The summed E-state index contributed by atoms with van der Waals surface area (Å²) in [5, 5.41) is 3.13. The number of nitrogens with two attached hydrogens (primary N) is 1. The first-order valence-electron chi connectivity index (χ1n) is 5.12. The Morgan fingerprint density at radius 2 is 2.53 bits per heavy atom. The number of rotatable bonds is 3. The Morgan fingerprint density at radius 1 is 1.73 bits per heavy atom. The number of carbonyl (C=O) groups excluding carboxylic acids is 1. The van der Waals surface area contributed by atoms with Crippen LogP contribution < -0.4 is 5.73 Å². The fourth-order valence-corrected chi connectivity index (χ4v) is 2.50. The molecule has 1 aliphatic heterocycles. The zero-order valence-electron chi connectivity index (χ0n) is 8.77. The molecular weight excluding hydrogens is 210 g/mol. The molecule has 1 saturated heterocycles. The Bertz CT molecular complexity index is 363. The minimum atomic E-state index is -0.275. The maximum Gasteiger partial charge on any atom is 0.239 e. The monoisotopic (exact) mass is 225 g/mol. The minimum absolute atomic E-state index is 0.0864. The molecule has 4 nitrogen and oxygen atoms in total. The first kappa shape index (κ1) is 10.6. The molecule has 1 unspecified atom stereocenters. The van der Waals surface area contributed by atoms with Crippen LogP contribution in [-0.4, -0.2) is 34.9 Å². The van der Waals surface area contributed by atoms with Crippen LogP contribution in [0.4, 0.5) is 0 Å². The normalized spacial score (nSPS) is 21.3. The molecular formula is C10H15N3OS. The summed E-state index contributed by atoms with van der Waals surface area (Å²) in [6.45, 7) is 3.53. The highest BCUT2D eigenvalue weighted by Gasteiger charge is 2.27. The van der Waals surface area contributed by atoms with Gasteiger partial charge in [-0.25, -0.2) is 4.98 Å². The molecule has 0 saturated carbocycles. The van der Waals surface area contributed by atoms with Crippen molar-refractivity contribution in [3.05, 3.63) is 16.1 Å². The van der Waals surface area contributed by atoms with E-state index >= 15 is 0 Å². The molecule has 1 fully saturated rings. The fourth-order valence-electron chi connectivity index (χ4n) is 1.73. The van der Waals surface area contributed by atoms with Gasteiger partial charge in [-0.05, 0) is 13.3 Å². The number of carbonyl (C=O) groups is 1. The number of nitrogens with zero attached hydrogens (tertiary/aromatic N) is 2. The highest BCUT2D eigenvalue weighted by atomic mass is 32.1. The maximum absolute atomic E-state index is 11.5. The fraction of sp³-hybridized carbons (Fsp3) is 0.600. The topological polar surface area (TPSA) is 59.2 Å². The molecule has 0 aromatic carbocycles. The zero-order chi connectivity index (χ0) is 10.8. The quantitative estimate of drug-likeness (QED) is 0.817. The van der Waals surface area contributed by atoms with Crippen LogP contribution in [0.5, 0.6) is 0 Å². The van der Waals surface area contributed by atoms with E-state index in [2.05, 4.69) is 4.98 Å². The summed E-state index contributed by atoms with van der Waals surface area (Å²) in [5.41, 5.74) is 6.69. The van der Waals surface area contributed by atoms with Crippen LogP contribution in [0.2, 0.25) is 0 Å². The van der Waals surface area contributed by atoms with Crippen molar-refractivity contribution < 1.29 is 4.79 Å². The molecule has 1 aromatic heterocycles. The Morgan fingerprint density at radius 3 is 3.07 bits per heavy atom. The van der Waals surface area contributed by atoms with E-state index in [1.54, 1.807) is 11.3 Å². The van der Waals surface area contributed by atoms with Gasteiger partial charge in [-0.2, -0.15) is 0 Å². The maximum atomic E-state index is 11.5. The third-order valence-corrected chi connectivity index (χ3v) is 3.63. The third kappa shape index (κ3) is 2.35. The van der Waals surface area contributed by atoms with Gasteiger partial charge in [-0.3, -0.25) is 4.79 Å². The molecule has 0 spiro atoms. The summed E-state index contributed by atoms with van der Waals surface area (Å²) in [5.74, 6) is 0.0864. The molecule has 1 aliphatic rings.